The fourth-order valence-electron chi connectivity index (χ4n) is 2.61. The predicted octanol–water partition coefficient (Wildman–Crippen LogP) is 1.39. The summed E-state index contributed by atoms with van der Waals surface area (Å²) in [4.78, 5) is 14.2. The number of thiophene rings is 1. The van der Waals surface area contributed by atoms with Gasteiger partial charge in [0.1, 0.15) is 10.3 Å². The molecule has 0 radical (unpaired) electrons. The number of nitrogens with one attached hydrogen (secondary N) is 1. The highest BCUT2D eigenvalue weighted by molar-refractivity contribution is 7.91. The minimum absolute atomic E-state index is 0. The molecule has 0 spiro atoms. The molecule has 0 bridgehead atoms. The Hall–Kier alpha value is -0.670. The summed E-state index contributed by atoms with van der Waals surface area (Å²) in [6, 6.07) is 2.74. The number of hydrogen-bond acceptors (Lipinski definition) is 5. The van der Waals surface area contributed by atoms with Crippen LogP contribution in [0, 0.1) is 0 Å². The number of halogens is 1. The van der Waals surface area contributed by atoms with Crippen LogP contribution in [0.15, 0.2) is 21.7 Å². The SMILES string of the molecule is CNCCN(C)C(=O)C1CCCCN1S(=O)(=O)c1cccs1.Cl. The first-order chi connectivity index (χ1) is 10.5. The molecular formula is C14H24ClN3O3S2. The summed E-state index contributed by atoms with van der Waals surface area (Å²) < 4.78 is 27.2. The summed E-state index contributed by atoms with van der Waals surface area (Å²) in [5.41, 5.74) is 0. The number of sulfonamides is 1. The maximum atomic E-state index is 12.8. The molecule has 1 N–H and O–H groups in total. The van der Waals surface area contributed by atoms with Gasteiger partial charge in [-0.05, 0) is 31.3 Å². The Morgan fingerprint density at radius 2 is 2.22 bits per heavy atom. The van der Waals surface area contributed by atoms with Crippen molar-refractivity contribution in [2.75, 3.05) is 33.7 Å². The molecule has 0 saturated carbocycles. The van der Waals surface area contributed by atoms with E-state index in [2.05, 4.69) is 5.32 Å². The highest BCUT2D eigenvalue weighted by atomic mass is 35.5. The minimum Gasteiger partial charge on any atom is -0.343 e. The van der Waals surface area contributed by atoms with Crippen molar-refractivity contribution in [3.63, 3.8) is 0 Å². The Labute approximate surface area is 148 Å². The van der Waals surface area contributed by atoms with Crippen LogP contribution in [0.2, 0.25) is 0 Å². The van der Waals surface area contributed by atoms with Gasteiger partial charge in [-0.2, -0.15) is 4.31 Å². The molecule has 2 heterocycles. The maximum absolute atomic E-state index is 12.8. The van der Waals surface area contributed by atoms with Gasteiger partial charge in [0, 0.05) is 26.7 Å². The fraction of sp³-hybridized carbons (Fsp3) is 0.643. The Balaban J connectivity index is 0.00000264. The average molecular weight is 382 g/mol. The Kier molecular flexibility index (Phi) is 7.96. The van der Waals surface area contributed by atoms with Crippen molar-refractivity contribution < 1.29 is 13.2 Å². The molecule has 9 heteroatoms. The molecule has 1 amide bonds. The molecule has 1 aliphatic rings. The average Bonchev–Trinajstić information content (AvgIpc) is 3.07. The molecule has 1 saturated heterocycles. The van der Waals surface area contributed by atoms with E-state index in [1.54, 1.807) is 29.5 Å². The third-order valence-electron chi connectivity index (χ3n) is 3.87. The Bertz CT molecular complexity index is 592. The number of carbonyl (C=O) groups excluding carboxylic acids is 1. The van der Waals surface area contributed by atoms with Crippen molar-refractivity contribution in [3.05, 3.63) is 17.5 Å². The summed E-state index contributed by atoms with van der Waals surface area (Å²) in [6.07, 6.45) is 2.27. The van der Waals surface area contributed by atoms with E-state index in [0.717, 1.165) is 12.8 Å². The van der Waals surface area contributed by atoms with Crippen LogP contribution < -0.4 is 5.32 Å². The van der Waals surface area contributed by atoms with Crippen molar-refractivity contribution in [1.29, 1.82) is 0 Å². The van der Waals surface area contributed by atoms with Gasteiger partial charge in [0.05, 0.1) is 0 Å². The molecule has 2 rings (SSSR count). The van der Waals surface area contributed by atoms with Gasteiger partial charge < -0.3 is 10.2 Å². The van der Waals surface area contributed by atoms with Crippen LogP contribution in [0.1, 0.15) is 19.3 Å². The standard InChI is InChI=1S/C14H23N3O3S2.ClH/c1-15-8-10-16(2)14(18)12-6-3-4-9-17(12)22(19,20)13-7-5-11-21-13;/h5,7,11-12,15H,3-4,6,8-10H2,1-2H3;1H. The summed E-state index contributed by atoms with van der Waals surface area (Å²) in [6.45, 7) is 1.67. The number of rotatable bonds is 6. The highest BCUT2D eigenvalue weighted by Crippen LogP contribution is 2.28. The first kappa shape index (κ1) is 20.4. The topological polar surface area (TPSA) is 69.7 Å². The fourth-order valence-corrected chi connectivity index (χ4v) is 5.38. The van der Waals surface area contributed by atoms with Gasteiger partial charge in [0.25, 0.3) is 10.0 Å². The lowest BCUT2D eigenvalue weighted by Crippen LogP contribution is -2.52. The van der Waals surface area contributed by atoms with Crippen LogP contribution in [-0.4, -0.2) is 63.3 Å². The largest absolute Gasteiger partial charge is 0.343 e. The third-order valence-corrected chi connectivity index (χ3v) is 7.15. The van der Waals surface area contributed by atoms with Gasteiger partial charge >= 0.3 is 0 Å². The quantitative estimate of drug-likeness (QED) is 0.808. The van der Waals surface area contributed by atoms with Crippen LogP contribution in [0.5, 0.6) is 0 Å². The predicted molar refractivity (Wildman–Crippen MR) is 94.7 cm³/mol. The molecule has 1 fully saturated rings. The van der Waals surface area contributed by atoms with E-state index in [1.165, 1.54) is 15.6 Å². The first-order valence-electron chi connectivity index (χ1n) is 7.43. The molecule has 1 aromatic rings. The summed E-state index contributed by atoms with van der Waals surface area (Å²) in [5, 5.41) is 4.74. The molecule has 1 aromatic heterocycles. The molecule has 1 aliphatic heterocycles. The molecule has 1 atom stereocenters. The summed E-state index contributed by atoms with van der Waals surface area (Å²) in [5.74, 6) is -0.116. The van der Waals surface area contributed by atoms with Crippen LogP contribution in [0.4, 0.5) is 0 Å². The van der Waals surface area contributed by atoms with E-state index in [-0.39, 0.29) is 18.3 Å². The van der Waals surface area contributed by atoms with Gasteiger partial charge in [-0.1, -0.05) is 12.5 Å². The Morgan fingerprint density at radius 3 is 2.83 bits per heavy atom. The normalized spacial score (nSPS) is 19.1. The molecule has 0 aromatic carbocycles. The van der Waals surface area contributed by atoms with E-state index in [9.17, 15) is 13.2 Å². The second kappa shape index (κ2) is 8.98. The minimum atomic E-state index is -3.58. The number of carbonyl (C=O) groups is 1. The van der Waals surface area contributed by atoms with Crippen LogP contribution >= 0.6 is 23.7 Å². The Morgan fingerprint density at radius 1 is 1.48 bits per heavy atom. The van der Waals surface area contributed by atoms with E-state index in [4.69, 9.17) is 0 Å². The first-order valence-corrected chi connectivity index (χ1v) is 9.75. The van der Waals surface area contributed by atoms with Gasteiger partial charge in [-0.25, -0.2) is 8.42 Å². The van der Waals surface area contributed by atoms with Crippen LogP contribution in [-0.2, 0) is 14.8 Å². The second-order valence-electron chi connectivity index (χ2n) is 5.42. The maximum Gasteiger partial charge on any atom is 0.253 e. The van der Waals surface area contributed by atoms with Crippen molar-refractivity contribution >= 4 is 39.7 Å². The zero-order valence-corrected chi connectivity index (χ0v) is 15.8. The van der Waals surface area contributed by atoms with Crippen molar-refractivity contribution in [1.82, 2.24) is 14.5 Å². The number of likely N-dealkylation sites (N-methyl/N-ethyl adjacent to an activating group) is 2. The smallest absolute Gasteiger partial charge is 0.253 e. The molecular weight excluding hydrogens is 358 g/mol. The monoisotopic (exact) mass is 381 g/mol. The zero-order chi connectivity index (χ0) is 16.2. The molecule has 132 valence electrons. The molecule has 0 aliphatic carbocycles. The number of amides is 1. The van der Waals surface area contributed by atoms with Crippen molar-refractivity contribution in [2.24, 2.45) is 0 Å². The van der Waals surface area contributed by atoms with Crippen molar-refractivity contribution in [2.45, 2.75) is 29.5 Å². The molecule has 1 unspecified atom stereocenters. The van der Waals surface area contributed by atoms with Gasteiger partial charge in [-0.3, -0.25) is 4.79 Å². The van der Waals surface area contributed by atoms with E-state index >= 15 is 0 Å². The lowest BCUT2D eigenvalue weighted by atomic mass is 10.0. The number of piperidine rings is 1. The van der Waals surface area contributed by atoms with E-state index in [0.29, 0.717) is 30.3 Å². The highest BCUT2D eigenvalue weighted by Gasteiger charge is 2.39. The van der Waals surface area contributed by atoms with Crippen LogP contribution in [0.3, 0.4) is 0 Å². The van der Waals surface area contributed by atoms with E-state index < -0.39 is 16.1 Å². The van der Waals surface area contributed by atoms with Crippen LogP contribution in [0.25, 0.3) is 0 Å². The third kappa shape index (κ3) is 4.67. The molecule has 6 nitrogen and oxygen atoms in total. The zero-order valence-electron chi connectivity index (χ0n) is 13.4. The second-order valence-corrected chi connectivity index (χ2v) is 8.49. The van der Waals surface area contributed by atoms with Gasteiger partial charge in [0.2, 0.25) is 5.91 Å². The lowest BCUT2D eigenvalue weighted by Gasteiger charge is -2.35. The number of nitrogens with zero attached hydrogens (tertiary/aromatic N) is 2. The summed E-state index contributed by atoms with van der Waals surface area (Å²) in [7, 11) is -0.0259. The molecule has 23 heavy (non-hydrogen) atoms. The lowest BCUT2D eigenvalue weighted by molar-refractivity contribution is -0.134. The number of hydrogen-bond donors (Lipinski definition) is 1. The van der Waals surface area contributed by atoms with Gasteiger partial charge in [0.15, 0.2) is 0 Å². The summed E-state index contributed by atoms with van der Waals surface area (Å²) >= 11 is 1.20. The van der Waals surface area contributed by atoms with Crippen molar-refractivity contribution in [3.8, 4) is 0 Å². The van der Waals surface area contributed by atoms with Gasteiger partial charge in [-0.15, -0.1) is 23.7 Å². The van der Waals surface area contributed by atoms with E-state index in [1.807, 2.05) is 7.05 Å².